The van der Waals surface area contributed by atoms with Gasteiger partial charge >= 0.3 is 0 Å². The smallest absolute Gasteiger partial charge is 0.264 e. The number of hydrogen-bond acceptors (Lipinski definition) is 7. The highest BCUT2D eigenvalue weighted by Gasteiger charge is 2.27. The monoisotopic (exact) mass is 579 g/mol. The Hall–Kier alpha value is -3.28. The lowest BCUT2D eigenvalue weighted by Gasteiger charge is -2.24. The Kier molecular flexibility index (Phi) is 7.48. The van der Waals surface area contributed by atoms with Crippen molar-refractivity contribution in [2.24, 2.45) is 5.10 Å². The number of halogens is 2. The number of sulfonamides is 1. The molecule has 0 saturated heterocycles. The summed E-state index contributed by atoms with van der Waals surface area (Å²) in [6, 6.07) is 15.5. The maximum Gasteiger partial charge on any atom is 0.264 e. The van der Waals surface area contributed by atoms with E-state index in [2.05, 4.69) is 26.5 Å². The molecule has 1 aliphatic rings. The summed E-state index contributed by atoms with van der Waals surface area (Å²) in [4.78, 5) is 12.7. The van der Waals surface area contributed by atoms with Crippen LogP contribution in [-0.4, -0.2) is 41.0 Å². The van der Waals surface area contributed by atoms with Gasteiger partial charge in [-0.05, 0) is 70.5 Å². The van der Waals surface area contributed by atoms with Crippen LogP contribution in [0.1, 0.15) is 5.56 Å². The van der Waals surface area contributed by atoms with Crippen LogP contribution in [0.2, 0.25) is 5.02 Å². The molecule has 3 aromatic carbocycles. The number of benzene rings is 3. The number of amides is 1. The molecule has 0 saturated carbocycles. The average molecular weight is 581 g/mol. The summed E-state index contributed by atoms with van der Waals surface area (Å²) in [6.45, 7) is -0.407. The third kappa shape index (κ3) is 5.69. The lowest BCUT2D eigenvalue weighted by atomic mass is 10.2. The topological polar surface area (TPSA) is 107 Å². The summed E-state index contributed by atoms with van der Waals surface area (Å²) >= 11 is 9.49. The van der Waals surface area contributed by atoms with Crippen LogP contribution in [-0.2, 0) is 14.8 Å². The quantitative estimate of drug-likeness (QED) is 0.316. The molecule has 1 N–H and O–H groups in total. The van der Waals surface area contributed by atoms with E-state index in [1.807, 2.05) is 0 Å². The highest BCUT2D eigenvalue weighted by atomic mass is 79.9. The Morgan fingerprint density at radius 3 is 2.57 bits per heavy atom. The molecule has 9 nitrogen and oxygen atoms in total. The van der Waals surface area contributed by atoms with Gasteiger partial charge in [-0.2, -0.15) is 5.10 Å². The van der Waals surface area contributed by atoms with Crippen LogP contribution >= 0.6 is 27.5 Å². The Bertz CT molecular complexity index is 1380. The number of carbonyl (C=O) groups is 1. The molecule has 182 valence electrons. The predicted molar refractivity (Wildman–Crippen MR) is 135 cm³/mol. The zero-order valence-corrected chi connectivity index (χ0v) is 21.4. The van der Waals surface area contributed by atoms with Crippen molar-refractivity contribution in [1.82, 2.24) is 5.43 Å². The lowest BCUT2D eigenvalue weighted by Crippen LogP contribution is -2.39. The summed E-state index contributed by atoms with van der Waals surface area (Å²) in [5.74, 6) is 0.993. The van der Waals surface area contributed by atoms with Crippen molar-refractivity contribution in [3.63, 3.8) is 0 Å². The summed E-state index contributed by atoms with van der Waals surface area (Å²) in [5.41, 5.74) is 3.22. The third-order valence-electron chi connectivity index (χ3n) is 4.92. The second kappa shape index (κ2) is 10.5. The van der Waals surface area contributed by atoms with E-state index in [-0.39, 0.29) is 17.4 Å². The fourth-order valence-electron chi connectivity index (χ4n) is 3.19. The van der Waals surface area contributed by atoms with Crippen LogP contribution in [0.3, 0.4) is 0 Å². The van der Waals surface area contributed by atoms with Gasteiger partial charge < -0.3 is 14.2 Å². The van der Waals surface area contributed by atoms with Crippen LogP contribution in [0.4, 0.5) is 5.69 Å². The Balaban J connectivity index is 1.55. The largest absolute Gasteiger partial charge is 0.497 e. The molecule has 1 amide bonds. The normalized spacial score (nSPS) is 12.5. The first-order valence-corrected chi connectivity index (χ1v) is 12.7. The SMILES string of the molecule is COc1ccc(S(=O)(=O)N(CC(=O)N/N=C\c2cc3c(cc2Br)OCO3)c2cccc(Cl)c2)cc1. The van der Waals surface area contributed by atoms with Gasteiger partial charge in [-0.1, -0.05) is 17.7 Å². The first-order chi connectivity index (χ1) is 16.8. The van der Waals surface area contributed by atoms with Gasteiger partial charge in [0.05, 0.1) is 23.9 Å². The Morgan fingerprint density at radius 2 is 1.89 bits per heavy atom. The molecule has 3 aromatic rings. The molecule has 0 aromatic heterocycles. The summed E-state index contributed by atoms with van der Waals surface area (Å²) in [6.07, 6.45) is 1.41. The molecule has 0 radical (unpaired) electrons. The van der Waals surface area contributed by atoms with Crippen molar-refractivity contribution in [2.75, 3.05) is 24.8 Å². The standard InChI is InChI=1S/C23H19BrClN3O6S/c1-32-18-5-7-19(8-6-18)35(30,31)28(17-4-2-3-16(25)10-17)13-23(29)27-26-12-15-9-21-22(11-20(15)24)34-14-33-21/h2-12H,13-14H2,1H3,(H,27,29)/b26-12-. The maximum atomic E-state index is 13.4. The number of nitrogens with one attached hydrogen (secondary N) is 1. The van der Waals surface area contributed by atoms with Crippen molar-refractivity contribution in [3.05, 3.63) is 75.7 Å². The van der Waals surface area contributed by atoms with Crippen LogP contribution in [0.25, 0.3) is 0 Å². The molecule has 35 heavy (non-hydrogen) atoms. The van der Waals surface area contributed by atoms with Gasteiger partial charge in [0, 0.05) is 15.1 Å². The van der Waals surface area contributed by atoms with E-state index in [1.165, 1.54) is 43.7 Å². The van der Waals surface area contributed by atoms with E-state index in [0.29, 0.717) is 32.3 Å². The van der Waals surface area contributed by atoms with E-state index in [9.17, 15) is 13.2 Å². The molecule has 0 bridgehead atoms. The van der Waals surface area contributed by atoms with E-state index < -0.39 is 22.5 Å². The average Bonchev–Trinajstić information content (AvgIpc) is 3.29. The molecular weight excluding hydrogens is 562 g/mol. The fraction of sp³-hybridized carbons (Fsp3) is 0.130. The minimum Gasteiger partial charge on any atom is -0.497 e. The molecule has 0 fully saturated rings. The maximum absolute atomic E-state index is 13.4. The molecular formula is C23H19BrClN3O6S. The third-order valence-corrected chi connectivity index (χ3v) is 7.63. The number of methoxy groups -OCH3 is 1. The van der Waals surface area contributed by atoms with Gasteiger partial charge in [0.2, 0.25) is 6.79 Å². The van der Waals surface area contributed by atoms with Crippen molar-refractivity contribution in [3.8, 4) is 17.2 Å². The summed E-state index contributed by atoms with van der Waals surface area (Å²) < 4.78 is 44.2. The van der Waals surface area contributed by atoms with E-state index in [0.717, 1.165) is 4.31 Å². The minimum atomic E-state index is -4.11. The van der Waals surface area contributed by atoms with Gasteiger partial charge in [0.25, 0.3) is 15.9 Å². The van der Waals surface area contributed by atoms with Crippen molar-refractivity contribution >= 4 is 55.4 Å². The highest BCUT2D eigenvalue weighted by molar-refractivity contribution is 9.10. The van der Waals surface area contributed by atoms with Crippen molar-refractivity contribution in [1.29, 1.82) is 0 Å². The number of carbonyl (C=O) groups excluding carboxylic acids is 1. The number of nitrogens with zero attached hydrogens (tertiary/aromatic N) is 2. The van der Waals surface area contributed by atoms with Crippen LogP contribution in [0.15, 0.2) is 75.1 Å². The number of anilines is 1. The first kappa shape index (κ1) is 24.8. The van der Waals surface area contributed by atoms with Gasteiger partial charge in [0.1, 0.15) is 12.3 Å². The molecule has 0 aliphatic carbocycles. The predicted octanol–water partition coefficient (Wildman–Crippen LogP) is 4.19. The number of hydrazone groups is 1. The number of hydrogen-bond donors (Lipinski definition) is 1. The number of rotatable bonds is 8. The summed E-state index contributed by atoms with van der Waals surface area (Å²) in [7, 11) is -2.63. The van der Waals surface area contributed by atoms with Crippen LogP contribution in [0.5, 0.6) is 17.2 Å². The lowest BCUT2D eigenvalue weighted by molar-refractivity contribution is -0.119. The fourth-order valence-corrected chi connectivity index (χ4v) is 5.21. The molecule has 0 spiro atoms. The zero-order chi connectivity index (χ0) is 25.0. The van der Waals surface area contributed by atoms with Crippen molar-refractivity contribution < 1.29 is 27.4 Å². The first-order valence-electron chi connectivity index (χ1n) is 10.1. The number of ether oxygens (including phenoxy) is 3. The van der Waals surface area contributed by atoms with E-state index >= 15 is 0 Å². The van der Waals surface area contributed by atoms with Crippen LogP contribution in [0, 0.1) is 0 Å². The van der Waals surface area contributed by atoms with E-state index in [4.69, 9.17) is 25.8 Å². The van der Waals surface area contributed by atoms with Crippen molar-refractivity contribution in [2.45, 2.75) is 4.90 Å². The molecule has 12 heteroatoms. The van der Waals surface area contributed by atoms with E-state index in [1.54, 1.807) is 30.3 Å². The van der Waals surface area contributed by atoms with Gasteiger partial charge in [-0.25, -0.2) is 13.8 Å². The number of fused-ring (bicyclic) bond motifs is 1. The highest BCUT2D eigenvalue weighted by Crippen LogP contribution is 2.36. The molecule has 0 unspecified atom stereocenters. The Morgan fingerprint density at radius 1 is 1.17 bits per heavy atom. The minimum absolute atomic E-state index is 0.0149. The second-order valence-corrected chi connectivity index (χ2v) is 10.3. The van der Waals surface area contributed by atoms with Gasteiger partial charge in [-0.3, -0.25) is 9.10 Å². The zero-order valence-electron chi connectivity index (χ0n) is 18.3. The molecule has 1 aliphatic heterocycles. The Labute approximate surface area is 215 Å². The summed E-state index contributed by atoms with van der Waals surface area (Å²) in [5, 5.41) is 4.28. The molecule has 1 heterocycles. The van der Waals surface area contributed by atoms with Gasteiger partial charge in [-0.15, -0.1) is 0 Å². The second-order valence-electron chi connectivity index (χ2n) is 7.19. The molecule has 4 rings (SSSR count). The van der Waals surface area contributed by atoms with Crippen LogP contribution < -0.4 is 23.9 Å². The van der Waals surface area contributed by atoms with Gasteiger partial charge in [0.15, 0.2) is 11.5 Å². The molecule has 0 atom stereocenters.